The average Bonchev–Trinajstić information content (AvgIpc) is 3.29. The highest BCUT2D eigenvalue weighted by atomic mass is 19.1. The van der Waals surface area contributed by atoms with E-state index in [9.17, 15) is 9.50 Å². The number of hydrogen-bond donors (Lipinski definition) is 2. The van der Waals surface area contributed by atoms with Crippen LogP contribution in [0.2, 0.25) is 0 Å². The quantitative estimate of drug-likeness (QED) is 0.867. The number of hydrogen-bond acceptors (Lipinski definition) is 2. The van der Waals surface area contributed by atoms with E-state index in [0.29, 0.717) is 18.0 Å². The summed E-state index contributed by atoms with van der Waals surface area (Å²) in [7, 11) is 0. The topological polar surface area (TPSA) is 32.3 Å². The highest BCUT2D eigenvalue weighted by Gasteiger charge is 2.31. The van der Waals surface area contributed by atoms with Gasteiger partial charge in [-0.05, 0) is 30.4 Å². The molecule has 0 aliphatic heterocycles. The van der Waals surface area contributed by atoms with Gasteiger partial charge in [-0.2, -0.15) is 0 Å². The molecule has 1 fully saturated rings. The largest absolute Gasteiger partial charge is 0.505 e. The van der Waals surface area contributed by atoms with Crippen molar-refractivity contribution in [1.29, 1.82) is 0 Å². The first-order valence-corrected chi connectivity index (χ1v) is 7.00. The molecule has 0 heterocycles. The summed E-state index contributed by atoms with van der Waals surface area (Å²) in [4.78, 5) is 0. The van der Waals surface area contributed by atoms with Crippen LogP contribution in [0.3, 0.4) is 0 Å². The summed E-state index contributed by atoms with van der Waals surface area (Å²) < 4.78 is 13.3. The summed E-state index contributed by atoms with van der Waals surface area (Å²) >= 11 is 0. The van der Waals surface area contributed by atoms with Gasteiger partial charge in [-0.15, -0.1) is 0 Å². The standard InChI is InChI=1S/C17H18FNO/c18-15-8-4-7-14(17(15)20)11-19-16(13-9-10-13)12-5-2-1-3-6-12/h1-8,13,16,19-20H,9-11H2. The van der Waals surface area contributed by atoms with Crippen molar-refractivity contribution in [1.82, 2.24) is 5.32 Å². The van der Waals surface area contributed by atoms with Crippen molar-refractivity contribution in [2.45, 2.75) is 25.4 Å². The molecule has 1 unspecified atom stereocenters. The molecule has 1 aliphatic rings. The molecule has 2 aromatic carbocycles. The van der Waals surface area contributed by atoms with Gasteiger partial charge < -0.3 is 10.4 Å². The molecule has 104 valence electrons. The Morgan fingerprint density at radius 3 is 2.55 bits per heavy atom. The maximum absolute atomic E-state index is 13.3. The minimum absolute atomic E-state index is 0.248. The van der Waals surface area contributed by atoms with Crippen molar-refractivity contribution < 1.29 is 9.50 Å². The van der Waals surface area contributed by atoms with Gasteiger partial charge in [-0.25, -0.2) is 4.39 Å². The molecule has 2 N–H and O–H groups in total. The second-order valence-electron chi connectivity index (χ2n) is 5.35. The van der Waals surface area contributed by atoms with E-state index < -0.39 is 5.82 Å². The molecule has 1 atom stereocenters. The van der Waals surface area contributed by atoms with Crippen LogP contribution in [0.1, 0.15) is 30.0 Å². The molecular formula is C17H18FNO. The predicted octanol–water partition coefficient (Wildman–Crippen LogP) is 3.77. The van der Waals surface area contributed by atoms with Gasteiger partial charge in [-0.1, -0.05) is 42.5 Å². The first-order chi connectivity index (χ1) is 9.75. The van der Waals surface area contributed by atoms with E-state index in [0.717, 1.165) is 0 Å². The van der Waals surface area contributed by atoms with Crippen LogP contribution in [-0.2, 0) is 6.54 Å². The lowest BCUT2D eigenvalue weighted by molar-refractivity contribution is 0.415. The molecular weight excluding hydrogens is 253 g/mol. The predicted molar refractivity (Wildman–Crippen MR) is 76.8 cm³/mol. The zero-order valence-electron chi connectivity index (χ0n) is 11.2. The van der Waals surface area contributed by atoms with Crippen LogP contribution >= 0.6 is 0 Å². The summed E-state index contributed by atoms with van der Waals surface area (Å²) in [6.45, 7) is 0.472. The summed E-state index contributed by atoms with van der Waals surface area (Å²) in [6, 6.07) is 15.2. The van der Waals surface area contributed by atoms with Gasteiger partial charge in [0, 0.05) is 18.2 Å². The zero-order valence-corrected chi connectivity index (χ0v) is 11.2. The second kappa shape index (κ2) is 5.63. The van der Waals surface area contributed by atoms with E-state index in [1.165, 1.54) is 24.5 Å². The zero-order chi connectivity index (χ0) is 13.9. The van der Waals surface area contributed by atoms with Crippen LogP contribution in [0.25, 0.3) is 0 Å². The molecule has 0 radical (unpaired) electrons. The molecule has 3 rings (SSSR count). The average molecular weight is 271 g/mol. The van der Waals surface area contributed by atoms with Crippen molar-refractivity contribution in [3.05, 3.63) is 65.5 Å². The van der Waals surface area contributed by atoms with Crippen LogP contribution < -0.4 is 5.32 Å². The van der Waals surface area contributed by atoms with E-state index in [1.807, 2.05) is 18.2 Å². The molecule has 0 bridgehead atoms. The number of benzene rings is 2. The summed E-state index contributed by atoms with van der Waals surface area (Å²) in [5.41, 5.74) is 1.86. The fourth-order valence-electron chi connectivity index (χ4n) is 2.57. The number of aromatic hydroxyl groups is 1. The third-order valence-corrected chi connectivity index (χ3v) is 3.83. The van der Waals surface area contributed by atoms with Gasteiger partial charge in [0.15, 0.2) is 11.6 Å². The lowest BCUT2D eigenvalue weighted by Gasteiger charge is -2.19. The van der Waals surface area contributed by atoms with Crippen LogP contribution in [0.4, 0.5) is 4.39 Å². The van der Waals surface area contributed by atoms with E-state index in [2.05, 4.69) is 17.4 Å². The van der Waals surface area contributed by atoms with Gasteiger partial charge in [0.05, 0.1) is 0 Å². The first-order valence-electron chi connectivity index (χ1n) is 7.00. The van der Waals surface area contributed by atoms with E-state index in [4.69, 9.17) is 0 Å². The molecule has 0 saturated heterocycles. The maximum atomic E-state index is 13.3. The number of phenols is 1. The Morgan fingerprint density at radius 2 is 1.85 bits per heavy atom. The van der Waals surface area contributed by atoms with E-state index in [-0.39, 0.29) is 11.8 Å². The molecule has 3 heteroatoms. The highest BCUT2D eigenvalue weighted by Crippen LogP contribution is 2.41. The van der Waals surface area contributed by atoms with Gasteiger partial charge in [0.1, 0.15) is 0 Å². The monoisotopic (exact) mass is 271 g/mol. The van der Waals surface area contributed by atoms with Crippen LogP contribution in [0.15, 0.2) is 48.5 Å². The summed E-state index contributed by atoms with van der Waals surface area (Å²) in [6.07, 6.45) is 2.45. The normalized spacial score (nSPS) is 16.1. The molecule has 0 spiro atoms. The second-order valence-corrected chi connectivity index (χ2v) is 5.35. The Labute approximate surface area is 118 Å². The molecule has 2 nitrogen and oxygen atoms in total. The fraction of sp³-hybridized carbons (Fsp3) is 0.294. The van der Waals surface area contributed by atoms with Crippen molar-refractivity contribution in [2.24, 2.45) is 5.92 Å². The lowest BCUT2D eigenvalue weighted by Crippen LogP contribution is -2.22. The smallest absolute Gasteiger partial charge is 0.165 e. The Bertz CT molecular complexity index is 581. The summed E-state index contributed by atoms with van der Waals surface area (Å²) in [5.74, 6) is -0.164. The lowest BCUT2D eigenvalue weighted by atomic mass is 10.0. The SMILES string of the molecule is Oc1c(F)cccc1CNC(c1ccccc1)C1CC1. The van der Waals surface area contributed by atoms with E-state index >= 15 is 0 Å². The molecule has 2 aromatic rings. The third-order valence-electron chi connectivity index (χ3n) is 3.83. The third kappa shape index (κ3) is 2.83. The van der Waals surface area contributed by atoms with Gasteiger partial charge in [0.25, 0.3) is 0 Å². The van der Waals surface area contributed by atoms with E-state index in [1.54, 1.807) is 12.1 Å². The van der Waals surface area contributed by atoms with Crippen LogP contribution in [0.5, 0.6) is 5.75 Å². The highest BCUT2D eigenvalue weighted by molar-refractivity contribution is 5.33. The van der Waals surface area contributed by atoms with Gasteiger partial charge in [-0.3, -0.25) is 0 Å². The Hall–Kier alpha value is -1.87. The number of nitrogens with one attached hydrogen (secondary N) is 1. The minimum atomic E-state index is -0.563. The fourth-order valence-corrected chi connectivity index (χ4v) is 2.57. The van der Waals surface area contributed by atoms with Crippen LogP contribution in [-0.4, -0.2) is 5.11 Å². The molecule has 0 aromatic heterocycles. The molecule has 1 aliphatic carbocycles. The van der Waals surface area contributed by atoms with Gasteiger partial charge >= 0.3 is 0 Å². The molecule has 20 heavy (non-hydrogen) atoms. The molecule has 0 amide bonds. The number of phenolic OH excluding ortho intramolecular Hbond substituents is 1. The Balaban J connectivity index is 1.73. The minimum Gasteiger partial charge on any atom is -0.505 e. The van der Waals surface area contributed by atoms with Crippen molar-refractivity contribution in [3.8, 4) is 5.75 Å². The van der Waals surface area contributed by atoms with Crippen molar-refractivity contribution in [2.75, 3.05) is 0 Å². The number of halogens is 1. The van der Waals surface area contributed by atoms with Gasteiger partial charge in [0.2, 0.25) is 0 Å². The Kier molecular flexibility index (Phi) is 3.70. The summed E-state index contributed by atoms with van der Waals surface area (Å²) in [5, 5.41) is 13.2. The number of rotatable bonds is 5. The van der Waals surface area contributed by atoms with Crippen LogP contribution in [0, 0.1) is 11.7 Å². The first kappa shape index (κ1) is 13.1. The van der Waals surface area contributed by atoms with Crippen molar-refractivity contribution in [3.63, 3.8) is 0 Å². The molecule has 1 saturated carbocycles. The maximum Gasteiger partial charge on any atom is 0.165 e. The Morgan fingerprint density at radius 1 is 1.10 bits per heavy atom. The van der Waals surface area contributed by atoms with Crippen molar-refractivity contribution >= 4 is 0 Å². The number of para-hydroxylation sites is 1.